The number of aliphatic hydroxyl groups is 1. The zero-order valence-electron chi connectivity index (χ0n) is 10.9. The molecule has 2 atom stereocenters. The molecule has 0 saturated carbocycles. The van der Waals surface area contributed by atoms with Crippen molar-refractivity contribution in [2.24, 2.45) is 0 Å². The van der Waals surface area contributed by atoms with Crippen molar-refractivity contribution in [3.8, 4) is 5.75 Å². The first-order chi connectivity index (χ1) is 9.54. The third-order valence-electron chi connectivity index (χ3n) is 3.54. The molecule has 0 aromatic heterocycles. The molecule has 0 saturated heterocycles. The molecular formula is C16H14Br2O2. The van der Waals surface area contributed by atoms with Gasteiger partial charge in [0.2, 0.25) is 0 Å². The van der Waals surface area contributed by atoms with E-state index >= 15 is 0 Å². The van der Waals surface area contributed by atoms with Gasteiger partial charge in [-0.3, -0.25) is 0 Å². The molecule has 2 aromatic carbocycles. The van der Waals surface area contributed by atoms with E-state index in [1.807, 2.05) is 18.2 Å². The number of fused-ring (bicyclic) bond motifs is 1. The first-order valence-corrected chi connectivity index (χ1v) is 8.03. The topological polar surface area (TPSA) is 29.5 Å². The van der Waals surface area contributed by atoms with Gasteiger partial charge in [-0.1, -0.05) is 44.0 Å². The number of halogens is 2. The predicted molar refractivity (Wildman–Crippen MR) is 86.0 cm³/mol. The number of aryl methyl sites for hydroxylation is 1. The van der Waals surface area contributed by atoms with Gasteiger partial charge in [0.25, 0.3) is 0 Å². The Morgan fingerprint density at radius 2 is 1.90 bits per heavy atom. The smallest absolute Gasteiger partial charge is 0.128 e. The monoisotopic (exact) mass is 396 g/mol. The Bertz CT molecular complexity index is 655. The summed E-state index contributed by atoms with van der Waals surface area (Å²) < 4.78 is 8.03. The molecule has 104 valence electrons. The molecule has 1 aliphatic rings. The van der Waals surface area contributed by atoms with Crippen LogP contribution in [0.15, 0.2) is 45.3 Å². The fraction of sp³-hybridized carbons (Fsp3) is 0.250. The van der Waals surface area contributed by atoms with E-state index in [4.69, 9.17) is 4.74 Å². The molecule has 4 heteroatoms. The highest BCUT2D eigenvalue weighted by molar-refractivity contribution is 9.10. The fourth-order valence-corrected chi connectivity index (χ4v) is 3.63. The van der Waals surface area contributed by atoms with Crippen LogP contribution in [0.1, 0.15) is 35.3 Å². The van der Waals surface area contributed by atoms with Crippen LogP contribution in [0, 0.1) is 6.92 Å². The maximum absolute atomic E-state index is 10.3. The maximum Gasteiger partial charge on any atom is 0.128 e. The van der Waals surface area contributed by atoms with E-state index < -0.39 is 6.10 Å². The van der Waals surface area contributed by atoms with Crippen LogP contribution in [0.4, 0.5) is 0 Å². The van der Waals surface area contributed by atoms with Gasteiger partial charge in [0, 0.05) is 26.5 Å². The zero-order chi connectivity index (χ0) is 14.3. The van der Waals surface area contributed by atoms with Crippen molar-refractivity contribution in [2.45, 2.75) is 25.6 Å². The average molecular weight is 398 g/mol. The molecule has 1 aliphatic heterocycles. The lowest BCUT2D eigenvalue weighted by atomic mass is 9.94. The molecule has 1 N–H and O–H groups in total. The summed E-state index contributed by atoms with van der Waals surface area (Å²) in [4.78, 5) is 0. The Kier molecular flexibility index (Phi) is 3.89. The zero-order valence-corrected chi connectivity index (χ0v) is 14.1. The summed E-state index contributed by atoms with van der Waals surface area (Å²) in [5.74, 6) is 0.754. The van der Waals surface area contributed by atoms with Gasteiger partial charge in [0.1, 0.15) is 11.9 Å². The van der Waals surface area contributed by atoms with Crippen molar-refractivity contribution in [1.82, 2.24) is 0 Å². The summed E-state index contributed by atoms with van der Waals surface area (Å²) in [5, 5.41) is 10.3. The number of benzene rings is 2. The van der Waals surface area contributed by atoms with Crippen molar-refractivity contribution in [1.29, 1.82) is 0 Å². The lowest BCUT2D eigenvalue weighted by molar-refractivity contribution is 0.0653. The minimum absolute atomic E-state index is 0.131. The Morgan fingerprint density at radius 1 is 1.10 bits per heavy atom. The average Bonchev–Trinajstić information content (AvgIpc) is 2.39. The SMILES string of the molecule is Cc1ccc(C2C[C@@H](O)c3cc(Br)ccc3O2)c(Br)c1. The van der Waals surface area contributed by atoms with Crippen LogP contribution in [-0.2, 0) is 0 Å². The standard InChI is InChI=1S/C16H14Br2O2/c1-9-2-4-11(13(18)6-9)16-8-14(19)12-7-10(17)3-5-15(12)20-16/h2-7,14,16,19H,8H2,1H3/t14-,16?/m1/s1. The summed E-state index contributed by atoms with van der Waals surface area (Å²) in [6.07, 6.45) is -0.0754. The minimum atomic E-state index is -0.505. The van der Waals surface area contributed by atoms with E-state index in [1.54, 1.807) is 0 Å². The molecule has 2 aromatic rings. The van der Waals surface area contributed by atoms with Gasteiger partial charge >= 0.3 is 0 Å². The van der Waals surface area contributed by atoms with Crippen LogP contribution in [0.25, 0.3) is 0 Å². The maximum atomic E-state index is 10.3. The Hall–Kier alpha value is -0.840. The van der Waals surface area contributed by atoms with Crippen LogP contribution in [0.5, 0.6) is 5.75 Å². The Labute approximate surface area is 135 Å². The van der Waals surface area contributed by atoms with E-state index in [0.717, 1.165) is 25.8 Å². The van der Waals surface area contributed by atoms with Gasteiger partial charge in [-0.2, -0.15) is 0 Å². The van der Waals surface area contributed by atoms with Crippen molar-refractivity contribution in [2.75, 3.05) is 0 Å². The lowest BCUT2D eigenvalue weighted by Gasteiger charge is -2.30. The van der Waals surface area contributed by atoms with E-state index in [2.05, 4.69) is 57.0 Å². The van der Waals surface area contributed by atoms with E-state index in [-0.39, 0.29) is 6.10 Å². The lowest BCUT2D eigenvalue weighted by Crippen LogP contribution is -2.19. The molecule has 0 bridgehead atoms. The van der Waals surface area contributed by atoms with Gasteiger partial charge in [0.15, 0.2) is 0 Å². The molecule has 2 nitrogen and oxygen atoms in total. The Morgan fingerprint density at radius 3 is 2.65 bits per heavy atom. The summed E-state index contributed by atoms with van der Waals surface area (Å²) in [6.45, 7) is 2.05. The van der Waals surface area contributed by atoms with E-state index in [0.29, 0.717) is 6.42 Å². The first kappa shape index (κ1) is 14.1. The van der Waals surface area contributed by atoms with Gasteiger partial charge in [0.05, 0.1) is 6.10 Å². The van der Waals surface area contributed by atoms with Crippen LogP contribution in [-0.4, -0.2) is 5.11 Å². The third-order valence-corrected chi connectivity index (χ3v) is 4.72. The summed E-state index contributed by atoms with van der Waals surface area (Å²) in [7, 11) is 0. The second kappa shape index (κ2) is 5.51. The molecule has 1 unspecified atom stereocenters. The molecule has 0 amide bonds. The quantitative estimate of drug-likeness (QED) is 0.727. The van der Waals surface area contributed by atoms with Gasteiger partial charge < -0.3 is 9.84 Å². The van der Waals surface area contributed by atoms with Crippen molar-refractivity contribution < 1.29 is 9.84 Å². The second-order valence-corrected chi connectivity index (χ2v) is 6.84. The number of ether oxygens (including phenoxy) is 1. The molecule has 20 heavy (non-hydrogen) atoms. The number of hydrogen-bond donors (Lipinski definition) is 1. The molecule has 1 heterocycles. The van der Waals surface area contributed by atoms with Gasteiger partial charge in [-0.25, -0.2) is 0 Å². The van der Waals surface area contributed by atoms with Crippen LogP contribution >= 0.6 is 31.9 Å². The number of rotatable bonds is 1. The highest BCUT2D eigenvalue weighted by Crippen LogP contribution is 2.43. The number of hydrogen-bond acceptors (Lipinski definition) is 2. The second-order valence-electron chi connectivity index (χ2n) is 5.07. The van der Waals surface area contributed by atoms with E-state index in [1.165, 1.54) is 5.56 Å². The summed E-state index contributed by atoms with van der Waals surface area (Å²) >= 11 is 7.01. The fourth-order valence-electron chi connectivity index (χ4n) is 2.50. The van der Waals surface area contributed by atoms with Gasteiger partial charge in [-0.05, 0) is 36.8 Å². The summed E-state index contributed by atoms with van der Waals surface area (Å²) in [5.41, 5.74) is 3.11. The van der Waals surface area contributed by atoms with Crippen LogP contribution < -0.4 is 4.74 Å². The highest BCUT2D eigenvalue weighted by atomic mass is 79.9. The predicted octanol–water partition coefficient (Wildman–Crippen LogP) is 5.08. The minimum Gasteiger partial charge on any atom is -0.485 e. The third kappa shape index (κ3) is 2.65. The highest BCUT2D eigenvalue weighted by Gasteiger charge is 2.29. The molecule has 3 rings (SSSR count). The first-order valence-electron chi connectivity index (χ1n) is 6.45. The molecular weight excluding hydrogens is 384 g/mol. The number of aliphatic hydroxyl groups excluding tert-OH is 1. The van der Waals surface area contributed by atoms with E-state index in [9.17, 15) is 5.11 Å². The largest absolute Gasteiger partial charge is 0.485 e. The van der Waals surface area contributed by atoms with Crippen molar-refractivity contribution in [3.05, 3.63) is 62.0 Å². The Balaban J connectivity index is 1.97. The summed E-state index contributed by atoms with van der Waals surface area (Å²) in [6, 6.07) is 11.9. The molecule has 0 spiro atoms. The molecule has 0 aliphatic carbocycles. The van der Waals surface area contributed by atoms with Crippen molar-refractivity contribution in [3.63, 3.8) is 0 Å². The molecule has 0 radical (unpaired) electrons. The van der Waals surface area contributed by atoms with Gasteiger partial charge in [-0.15, -0.1) is 0 Å². The van der Waals surface area contributed by atoms with Crippen molar-refractivity contribution >= 4 is 31.9 Å². The normalized spacial score (nSPS) is 21.2. The van der Waals surface area contributed by atoms with Crippen LogP contribution in [0.3, 0.4) is 0 Å². The van der Waals surface area contributed by atoms with Crippen LogP contribution in [0.2, 0.25) is 0 Å². The molecule has 0 fully saturated rings.